The van der Waals surface area contributed by atoms with E-state index in [1.165, 1.54) is 12.7 Å². The van der Waals surface area contributed by atoms with E-state index >= 15 is 4.39 Å². The Morgan fingerprint density at radius 3 is 2.69 bits per heavy atom. The van der Waals surface area contributed by atoms with Gasteiger partial charge >= 0.3 is 0 Å². The fourth-order valence-electron chi connectivity index (χ4n) is 4.41. The van der Waals surface area contributed by atoms with Crippen molar-refractivity contribution < 1.29 is 9.13 Å². The van der Waals surface area contributed by atoms with E-state index in [-0.39, 0.29) is 22.5 Å². The van der Waals surface area contributed by atoms with Crippen LogP contribution in [0, 0.1) is 5.82 Å². The molecule has 0 aliphatic carbocycles. The number of benzene rings is 1. The maximum Gasteiger partial charge on any atom is 0.169 e. The molecule has 0 unspecified atom stereocenters. The Kier molecular flexibility index (Phi) is 5.88. The summed E-state index contributed by atoms with van der Waals surface area (Å²) in [4.78, 5) is 10.9. The van der Waals surface area contributed by atoms with Gasteiger partial charge in [-0.1, -0.05) is 11.6 Å². The molecule has 5 aromatic rings. The van der Waals surface area contributed by atoms with Gasteiger partial charge in [-0.15, -0.1) is 0 Å². The zero-order chi connectivity index (χ0) is 24.6. The van der Waals surface area contributed by atoms with E-state index < -0.39 is 5.82 Å². The summed E-state index contributed by atoms with van der Waals surface area (Å²) in [6.07, 6.45) is 8.38. The third kappa shape index (κ3) is 4.32. The van der Waals surface area contributed by atoms with Crippen LogP contribution in [-0.4, -0.2) is 53.2 Å². The van der Waals surface area contributed by atoms with Crippen LogP contribution in [0.4, 0.5) is 15.9 Å². The largest absolute Gasteiger partial charge is 0.455 e. The molecular formula is C24H23ClFN9O. The minimum Gasteiger partial charge on any atom is -0.455 e. The van der Waals surface area contributed by atoms with Crippen LogP contribution >= 0.6 is 11.6 Å². The molecule has 0 amide bonds. The second-order valence-electron chi connectivity index (χ2n) is 8.75. The summed E-state index contributed by atoms with van der Waals surface area (Å²) in [6, 6.07) is 8.84. The highest BCUT2D eigenvalue weighted by atomic mass is 35.5. The normalized spacial score (nSPS) is 15.1. The molecule has 36 heavy (non-hydrogen) atoms. The van der Waals surface area contributed by atoms with Crippen molar-refractivity contribution in [1.29, 1.82) is 0 Å². The van der Waals surface area contributed by atoms with E-state index in [1.54, 1.807) is 39.5 Å². The van der Waals surface area contributed by atoms with Crippen molar-refractivity contribution in [3.05, 3.63) is 71.8 Å². The Bertz CT molecular complexity index is 1540. The van der Waals surface area contributed by atoms with Crippen LogP contribution in [0.25, 0.3) is 11.2 Å². The Morgan fingerprint density at radius 1 is 1.06 bits per heavy atom. The van der Waals surface area contributed by atoms with Gasteiger partial charge in [0.15, 0.2) is 17.3 Å². The first-order valence-electron chi connectivity index (χ1n) is 11.6. The van der Waals surface area contributed by atoms with Gasteiger partial charge in [0.1, 0.15) is 34.7 Å². The monoisotopic (exact) mass is 507 g/mol. The molecule has 1 fully saturated rings. The molecular weight excluding hydrogens is 485 g/mol. The molecule has 0 saturated carbocycles. The van der Waals surface area contributed by atoms with Crippen molar-refractivity contribution in [2.24, 2.45) is 5.73 Å². The number of fused-ring (bicyclic) bond motifs is 2. The van der Waals surface area contributed by atoms with Gasteiger partial charge in [-0.2, -0.15) is 10.2 Å². The number of likely N-dealkylation sites (tertiary alicyclic amines) is 1. The zero-order valence-corrected chi connectivity index (χ0v) is 19.9. The summed E-state index contributed by atoms with van der Waals surface area (Å²) in [5, 5.41) is 11.3. The number of anilines is 2. The van der Waals surface area contributed by atoms with E-state index in [9.17, 15) is 0 Å². The van der Waals surface area contributed by atoms with Crippen molar-refractivity contribution in [2.45, 2.75) is 25.4 Å². The van der Waals surface area contributed by atoms with Gasteiger partial charge in [-0.25, -0.2) is 23.4 Å². The fraction of sp³-hybridized carbons (Fsp3) is 0.250. The van der Waals surface area contributed by atoms with Crippen LogP contribution in [0.1, 0.15) is 18.4 Å². The van der Waals surface area contributed by atoms with Crippen LogP contribution in [0.3, 0.4) is 0 Å². The first-order chi connectivity index (χ1) is 17.5. The van der Waals surface area contributed by atoms with Crippen molar-refractivity contribution in [3.8, 4) is 11.5 Å². The number of hydrogen-bond donors (Lipinski definition) is 2. The first-order valence-corrected chi connectivity index (χ1v) is 11.9. The molecule has 1 aliphatic rings. The number of halogens is 2. The molecule has 10 nitrogen and oxygen atoms in total. The lowest BCUT2D eigenvalue weighted by atomic mass is 10.1. The van der Waals surface area contributed by atoms with Crippen molar-refractivity contribution >= 4 is 34.3 Å². The van der Waals surface area contributed by atoms with Crippen LogP contribution in [0.2, 0.25) is 5.02 Å². The predicted molar refractivity (Wildman–Crippen MR) is 133 cm³/mol. The minimum absolute atomic E-state index is 0.147. The van der Waals surface area contributed by atoms with Gasteiger partial charge in [-0.3, -0.25) is 4.90 Å². The predicted octanol–water partition coefficient (Wildman–Crippen LogP) is 4.02. The number of aromatic nitrogens is 6. The molecule has 0 spiro atoms. The number of piperidine rings is 1. The molecule has 0 radical (unpaired) electrons. The Balaban J connectivity index is 1.26. The highest BCUT2D eigenvalue weighted by Gasteiger charge is 2.20. The standard InChI is InChI=1S/C24H23ClFN9O/c25-21-19(36-17-6-10-34-20(11-17)28-13-30-34)2-1-18(22(21)26)32-24-23-15(3-9-35(23)31-14-29-24)12-33-7-4-16(27)5-8-33/h1-3,6,9-11,13-14,16H,4-5,7-8,12,27H2,(H,29,31,32). The minimum atomic E-state index is -0.646. The first kappa shape index (κ1) is 22.7. The Labute approximate surface area is 210 Å². The number of ether oxygens (including phenoxy) is 1. The molecule has 1 saturated heterocycles. The third-order valence-electron chi connectivity index (χ3n) is 6.34. The fourth-order valence-corrected chi connectivity index (χ4v) is 4.61. The number of rotatable bonds is 6. The van der Waals surface area contributed by atoms with Crippen LogP contribution in [0.5, 0.6) is 11.5 Å². The van der Waals surface area contributed by atoms with Gasteiger partial charge in [0.05, 0.1) is 5.69 Å². The van der Waals surface area contributed by atoms with E-state index in [4.69, 9.17) is 22.1 Å². The molecule has 184 valence electrons. The molecule has 1 aromatic carbocycles. The molecule has 12 heteroatoms. The average Bonchev–Trinajstić information content (AvgIpc) is 3.52. The molecule has 3 N–H and O–H groups in total. The average molecular weight is 508 g/mol. The van der Waals surface area contributed by atoms with Crippen LogP contribution in [-0.2, 0) is 6.54 Å². The molecule has 4 aromatic heterocycles. The summed E-state index contributed by atoms with van der Waals surface area (Å²) >= 11 is 6.35. The van der Waals surface area contributed by atoms with Gasteiger partial charge in [-0.05, 0) is 55.8 Å². The second-order valence-corrected chi connectivity index (χ2v) is 9.13. The lowest BCUT2D eigenvalue weighted by Gasteiger charge is -2.29. The Hall–Kier alpha value is -3.80. The lowest BCUT2D eigenvalue weighted by molar-refractivity contribution is 0.206. The SMILES string of the molecule is NC1CCN(Cc2ccn3ncnc(Nc4ccc(Oc5ccn6ncnc6c5)c(Cl)c4F)c23)CC1. The molecule has 0 bridgehead atoms. The maximum atomic E-state index is 15.3. The number of nitrogens with two attached hydrogens (primary N) is 1. The Morgan fingerprint density at radius 2 is 1.83 bits per heavy atom. The summed E-state index contributed by atoms with van der Waals surface area (Å²) < 4.78 is 24.5. The summed E-state index contributed by atoms with van der Waals surface area (Å²) in [7, 11) is 0. The van der Waals surface area contributed by atoms with Gasteiger partial charge in [0, 0.05) is 31.0 Å². The van der Waals surface area contributed by atoms with E-state index in [2.05, 4.69) is 30.4 Å². The third-order valence-corrected chi connectivity index (χ3v) is 6.70. The molecule has 5 heterocycles. The molecule has 1 aliphatic heterocycles. The molecule has 0 atom stereocenters. The van der Waals surface area contributed by atoms with Crippen LogP contribution < -0.4 is 15.8 Å². The van der Waals surface area contributed by atoms with Crippen molar-refractivity contribution in [3.63, 3.8) is 0 Å². The van der Waals surface area contributed by atoms with Gasteiger partial charge in [0.2, 0.25) is 0 Å². The quantitative estimate of drug-likeness (QED) is 0.354. The number of nitrogens with zero attached hydrogens (tertiary/aromatic N) is 7. The zero-order valence-electron chi connectivity index (χ0n) is 19.2. The topological polar surface area (TPSA) is 111 Å². The van der Waals surface area contributed by atoms with E-state index in [1.807, 2.05) is 12.3 Å². The number of pyridine rings is 1. The van der Waals surface area contributed by atoms with Gasteiger partial charge < -0.3 is 15.8 Å². The summed E-state index contributed by atoms with van der Waals surface area (Å²) in [6.45, 7) is 2.60. The van der Waals surface area contributed by atoms with Gasteiger partial charge in [0.25, 0.3) is 0 Å². The van der Waals surface area contributed by atoms with E-state index in [0.717, 1.165) is 43.6 Å². The summed E-state index contributed by atoms with van der Waals surface area (Å²) in [5.41, 5.74) is 8.65. The molecule has 6 rings (SSSR count). The highest BCUT2D eigenvalue weighted by molar-refractivity contribution is 6.32. The second kappa shape index (κ2) is 9.34. The smallest absolute Gasteiger partial charge is 0.169 e. The van der Waals surface area contributed by atoms with Crippen molar-refractivity contribution in [1.82, 2.24) is 34.1 Å². The van der Waals surface area contributed by atoms with Crippen LogP contribution in [0.15, 0.2) is 55.4 Å². The lowest BCUT2D eigenvalue weighted by Crippen LogP contribution is -2.39. The van der Waals surface area contributed by atoms with E-state index in [0.29, 0.717) is 17.2 Å². The summed E-state index contributed by atoms with van der Waals surface area (Å²) in [5.74, 6) is 0.488. The highest BCUT2D eigenvalue weighted by Crippen LogP contribution is 2.36. The number of hydrogen-bond acceptors (Lipinski definition) is 8. The maximum absolute atomic E-state index is 15.3. The van der Waals surface area contributed by atoms with Crippen molar-refractivity contribution in [2.75, 3.05) is 18.4 Å². The number of nitrogens with one attached hydrogen (secondary N) is 1.